The van der Waals surface area contributed by atoms with Gasteiger partial charge in [0.2, 0.25) is 11.2 Å². The molecule has 0 unspecified atom stereocenters. The summed E-state index contributed by atoms with van der Waals surface area (Å²) < 4.78 is 16.5. The highest BCUT2D eigenvalue weighted by Gasteiger charge is 2.24. The normalized spacial score (nSPS) is 12.9. The van der Waals surface area contributed by atoms with Crippen LogP contribution in [0.3, 0.4) is 0 Å². The number of aryl methyl sites for hydroxylation is 1. The average Bonchev–Trinajstić information content (AvgIpc) is 2.67. The number of fused-ring (bicyclic) bond motifs is 2. The summed E-state index contributed by atoms with van der Waals surface area (Å²) in [5.74, 6) is -0.942. The van der Waals surface area contributed by atoms with Crippen molar-refractivity contribution in [3.8, 4) is 28.4 Å². The van der Waals surface area contributed by atoms with Crippen molar-refractivity contribution >= 4 is 16.9 Å². The first-order valence-electron chi connectivity index (χ1n) is 8.45. The first-order chi connectivity index (χ1) is 13.0. The number of rotatable bonds is 3. The van der Waals surface area contributed by atoms with E-state index in [0.717, 1.165) is 0 Å². The van der Waals surface area contributed by atoms with Crippen LogP contribution in [0.4, 0.5) is 0 Å². The maximum Gasteiger partial charge on any atom is 0.372 e. The van der Waals surface area contributed by atoms with E-state index >= 15 is 0 Å². The summed E-state index contributed by atoms with van der Waals surface area (Å²) in [4.78, 5) is 24.9. The van der Waals surface area contributed by atoms with Crippen molar-refractivity contribution in [2.75, 3.05) is 13.2 Å². The molecule has 0 fully saturated rings. The van der Waals surface area contributed by atoms with E-state index in [1.54, 1.807) is 18.2 Å². The summed E-state index contributed by atoms with van der Waals surface area (Å²) in [6.45, 7) is 2.64. The van der Waals surface area contributed by atoms with Crippen molar-refractivity contribution in [1.82, 2.24) is 0 Å². The van der Waals surface area contributed by atoms with Crippen molar-refractivity contribution in [3.63, 3.8) is 0 Å². The highest BCUT2D eigenvalue weighted by molar-refractivity contribution is 5.97. The Balaban J connectivity index is 2.02. The quantitative estimate of drug-likeness (QED) is 0.731. The molecule has 7 heteroatoms. The van der Waals surface area contributed by atoms with Crippen molar-refractivity contribution in [2.24, 2.45) is 0 Å². The summed E-state index contributed by atoms with van der Waals surface area (Å²) in [6.07, 6.45) is 0.515. The molecule has 7 nitrogen and oxygen atoms in total. The van der Waals surface area contributed by atoms with Crippen LogP contribution in [0.15, 0.2) is 39.5 Å². The Morgan fingerprint density at radius 2 is 1.85 bits per heavy atom. The molecule has 0 bridgehead atoms. The third kappa shape index (κ3) is 2.77. The van der Waals surface area contributed by atoms with Gasteiger partial charge in [0.1, 0.15) is 24.5 Å². The highest BCUT2D eigenvalue weighted by atomic mass is 16.6. The Morgan fingerprint density at radius 3 is 2.56 bits per heavy atom. The lowest BCUT2D eigenvalue weighted by molar-refractivity contribution is 0.0664. The van der Waals surface area contributed by atoms with Crippen LogP contribution in [0.1, 0.15) is 23.0 Å². The van der Waals surface area contributed by atoms with E-state index in [9.17, 15) is 19.8 Å². The van der Waals surface area contributed by atoms with E-state index in [1.165, 1.54) is 12.1 Å². The second-order valence-electron chi connectivity index (χ2n) is 6.13. The van der Waals surface area contributed by atoms with Gasteiger partial charge >= 0.3 is 5.97 Å². The Kier molecular flexibility index (Phi) is 3.99. The molecule has 1 aromatic heterocycles. The van der Waals surface area contributed by atoms with Gasteiger partial charge in [-0.05, 0) is 35.7 Å². The van der Waals surface area contributed by atoms with E-state index < -0.39 is 17.2 Å². The Bertz CT molecular complexity index is 1130. The zero-order chi connectivity index (χ0) is 19.1. The zero-order valence-corrected chi connectivity index (χ0v) is 14.4. The van der Waals surface area contributed by atoms with Crippen molar-refractivity contribution < 1.29 is 28.9 Å². The molecule has 0 atom stereocenters. The minimum absolute atomic E-state index is 0.0217. The molecule has 2 N–H and O–H groups in total. The predicted molar refractivity (Wildman–Crippen MR) is 96.9 cm³/mol. The lowest BCUT2D eigenvalue weighted by Crippen LogP contribution is -2.16. The molecule has 0 aliphatic carbocycles. The number of carboxylic acids is 1. The van der Waals surface area contributed by atoms with Crippen LogP contribution in [0.25, 0.3) is 22.1 Å². The number of ether oxygens (including phenoxy) is 2. The topological polar surface area (TPSA) is 106 Å². The maximum absolute atomic E-state index is 13.1. The van der Waals surface area contributed by atoms with E-state index in [1.807, 2.05) is 6.92 Å². The van der Waals surface area contributed by atoms with Crippen molar-refractivity contribution in [2.45, 2.75) is 13.3 Å². The Labute approximate surface area is 153 Å². The summed E-state index contributed by atoms with van der Waals surface area (Å²) in [7, 11) is 0. The van der Waals surface area contributed by atoms with Gasteiger partial charge in [-0.1, -0.05) is 13.0 Å². The van der Waals surface area contributed by atoms with Gasteiger partial charge in [0.25, 0.3) is 0 Å². The number of phenolic OH excluding ortho intramolecular Hbond substituents is 1. The highest BCUT2D eigenvalue weighted by Crippen LogP contribution is 2.36. The molecule has 0 saturated heterocycles. The van der Waals surface area contributed by atoms with Crippen LogP contribution in [0, 0.1) is 0 Å². The second kappa shape index (κ2) is 6.35. The molecule has 0 amide bonds. The fraction of sp³-hybridized carbons (Fsp3) is 0.200. The molecule has 2 aromatic carbocycles. The van der Waals surface area contributed by atoms with E-state index in [4.69, 9.17) is 13.9 Å². The molecule has 138 valence electrons. The molecule has 1 aliphatic heterocycles. The summed E-state index contributed by atoms with van der Waals surface area (Å²) in [5, 5.41) is 19.8. The van der Waals surface area contributed by atoms with Crippen LogP contribution in [0.5, 0.6) is 17.2 Å². The lowest BCUT2D eigenvalue weighted by atomic mass is 10.00. The number of carbonyl (C=O) groups is 1. The molecule has 27 heavy (non-hydrogen) atoms. The van der Waals surface area contributed by atoms with Crippen LogP contribution < -0.4 is 14.9 Å². The second-order valence-corrected chi connectivity index (χ2v) is 6.13. The van der Waals surface area contributed by atoms with Crippen molar-refractivity contribution in [3.05, 3.63) is 51.9 Å². The fourth-order valence-electron chi connectivity index (χ4n) is 3.17. The lowest BCUT2D eigenvalue weighted by Gasteiger charge is -2.19. The summed E-state index contributed by atoms with van der Waals surface area (Å²) in [5.41, 5.74) is 0.401. The van der Waals surface area contributed by atoms with Gasteiger partial charge in [-0.3, -0.25) is 4.79 Å². The van der Waals surface area contributed by atoms with E-state index in [2.05, 4.69) is 0 Å². The van der Waals surface area contributed by atoms with Gasteiger partial charge in [0.05, 0.1) is 10.9 Å². The number of benzene rings is 2. The molecule has 4 rings (SSSR count). The van der Waals surface area contributed by atoms with Crippen LogP contribution in [-0.2, 0) is 6.42 Å². The first-order valence-corrected chi connectivity index (χ1v) is 8.45. The average molecular weight is 368 g/mol. The molecule has 3 aromatic rings. The van der Waals surface area contributed by atoms with Gasteiger partial charge in [-0.25, -0.2) is 4.79 Å². The van der Waals surface area contributed by atoms with Crippen LogP contribution >= 0.6 is 0 Å². The third-order valence-electron chi connectivity index (χ3n) is 4.50. The van der Waals surface area contributed by atoms with Gasteiger partial charge in [-0.2, -0.15) is 0 Å². The fourth-order valence-corrected chi connectivity index (χ4v) is 3.17. The molecule has 0 radical (unpaired) electrons. The molecule has 0 spiro atoms. The van der Waals surface area contributed by atoms with Gasteiger partial charge in [0, 0.05) is 6.07 Å². The minimum Gasteiger partial charge on any atom is -0.508 e. The SMILES string of the molecule is CCc1cc2c(=O)c(-c3ccc4c(c3)OCCO4)c(C(=O)O)oc2cc1O. The zero-order valence-electron chi connectivity index (χ0n) is 14.4. The number of aromatic hydroxyl groups is 1. The number of aromatic carboxylic acids is 1. The Hall–Kier alpha value is -3.48. The monoisotopic (exact) mass is 368 g/mol. The number of phenols is 1. The van der Waals surface area contributed by atoms with E-state index in [0.29, 0.717) is 42.3 Å². The summed E-state index contributed by atoms with van der Waals surface area (Å²) in [6, 6.07) is 7.60. The van der Waals surface area contributed by atoms with Gasteiger partial charge in [0.15, 0.2) is 11.5 Å². The number of carboxylic acid groups (broad SMARTS) is 1. The van der Waals surface area contributed by atoms with Crippen molar-refractivity contribution in [1.29, 1.82) is 0 Å². The van der Waals surface area contributed by atoms with Gasteiger partial charge in [-0.15, -0.1) is 0 Å². The van der Waals surface area contributed by atoms with Crippen LogP contribution in [-0.4, -0.2) is 29.4 Å². The van der Waals surface area contributed by atoms with Crippen LogP contribution in [0.2, 0.25) is 0 Å². The van der Waals surface area contributed by atoms with Gasteiger partial charge < -0.3 is 24.1 Å². The largest absolute Gasteiger partial charge is 0.508 e. The smallest absolute Gasteiger partial charge is 0.372 e. The minimum atomic E-state index is -1.38. The maximum atomic E-state index is 13.1. The number of hydrogen-bond acceptors (Lipinski definition) is 6. The molecular weight excluding hydrogens is 352 g/mol. The third-order valence-corrected chi connectivity index (χ3v) is 4.50. The molecule has 2 heterocycles. The molecular formula is C20H16O7. The standard InChI is InChI=1S/C20H16O7/c1-2-10-7-12-15(9-13(10)21)27-19(20(23)24)17(18(12)22)11-3-4-14-16(8-11)26-6-5-25-14/h3-4,7-9,21H,2,5-6H2,1H3,(H,23,24). The number of hydrogen-bond donors (Lipinski definition) is 2. The van der Waals surface area contributed by atoms with E-state index in [-0.39, 0.29) is 22.3 Å². The summed E-state index contributed by atoms with van der Waals surface area (Å²) >= 11 is 0. The molecule has 1 aliphatic rings. The predicted octanol–water partition coefficient (Wildman–Crippen LogP) is 3.20. The molecule has 0 saturated carbocycles. The first kappa shape index (κ1) is 17.0. The Morgan fingerprint density at radius 1 is 1.11 bits per heavy atom.